The number of hydrogen-bond acceptors (Lipinski definition) is 2. The van der Waals surface area contributed by atoms with Crippen LogP contribution in [0, 0.1) is 5.92 Å². The van der Waals surface area contributed by atoms with Crippen molar-refractivity contribution in [3.8, 4) is 0 Å². The average Bonchev–Trinajstić information content (AvgIpc) is 2.38. The highest BCUT2D eigenvalue weighted by Crippen LogP contribution is 2.32. The zero-order valence-corrected chi connectivity index (χ0v) is 7.83. The van der Waals surface area contributed by atoms with Crippen LogP contribution in [0.25, 0.3) is 0 Å². The van der Waals surface area contributed by atoms with Gasteiger partial charge in [-0.25, -0.2) is 0 Å². The number of aliphatic carboxylic acids is 1. The normalized spacial score (nSPS) is 39.5. The van der Waals surface area contributed by atoms with Crippen LogP contribution in [0.1, 0.15) is 38.5 Å². The molecule has 3 nitrogen and oxygen atoms in total. The Morgan fingerprint density at radius 3 is 2.77 bits per heavy atom. The van der Waals surface area contributed by atoms with Crippen LogP contribution in [-0.4, -0.2) is 23.2 Å². The fourth-order valence-electron chi connectivity index (χ4n) is 2.69. The first kappa shape index (κ1) is 9.00. The number of carboxylic acids is 1. The van der Waals surface area contributed by atoms with E-state index < -0.39 is 5.97 Å². The topological polar surface area (TPSA) is 49.3 Å². The van der Waals surface area contributed by atoms with Gasteiger partial charge in [-0.05, 0) is 25.2 Å². The van der Waals surface area contributed by atoms with Crippen molar-refractivity contribution in [3.63, 3.8) is 0 Å². The molecule has 1 heterocycles. The number of rotatable bonds is 1. The lowest BCUT2D eigenvalue weighted by Gasteiger charge is -2.14. The van der Waals surface area contributed by atoms with Crippen LogP contribution in [0.2, 0.25) is 0 Å². The van der Waals surface area contributed by atoms with Crippen LogP contribution in [0.5, 0.6) is 0 Å². The first-order valence-corrected chi connectivity index (χ1v) is 5.26. The van der Waals surface area contributed by atoms with E-state index in [1.807, 2.05) is 0 Å². The molecule has 0 bridgehead atoms. The molecule has 2 unspecified atom stereocenters. The maximum atomic E-state index is 10.8. The van der Waals surface area contributed by atoms with Gasteiger partial charge in [0.05, 0.1) is 0 Å². The molecule has 0 radical (unpaired) electrons. The molecule has 0 aromatic heterocycles. The predicted octanol–water partition coefficient (Wildman–Crippen LogP) is 1.38. The molecule has 2 N–H and O–H groups in total. The molecule has 1 saturated heterocycles. The molecule has 2 rings (SSSR count). The summed E-state index contributed by atoms with van der Waals surface area (Å²) in [5.74, 6) is -0.0447. The molecule has 0 aromatic rings. The number of hydrogen-bond donors (Lipinski definition) is 2. The molecule has 13 heavy (non-hydrogen) atoms. The summed E-state index contributed by atoms with van der Waals surface area (Å²) in [7, 11) is 0. The highest BCUT2D eigenvalue weighted by molar-refractivity contribution is 5.74. The third-order valence-corrected chi connectivity index (χ3v) is 3.41. The lowest BCUT2D eigenvalue weighted by Crippen LogP contribution is -2.35. The minimum Gasteiger partial charge on any atom is -0.480 e. The molecule has 1 aliphatic heterocycles. The summed E-state index contributed by atoms with van der Waals surface area (Å²) in [6.07, 6.45) is 7.12. The first-order chi connectivity index (χ1) is 6.27. The van der Waals surface area contributed by atoms with Crippen molar-refractivity contribution in [2.45, 2.75) is 50.6 Å². The van der Waals surface area contributed by atoms with Gasteiger partial charge in [0.25, 0.3) is 0 Å². The zero-order chi connectivity index (χ0) is 9.26. The summed E-state index contributed by atoms with van der Waals surface area (Å²) in [6, 6.07) is 0.219. The average molecular weight is 183 g/mol. The van der Waals surface area contributed by atoms with E-state index >= 15 is 0 Å². The van der Waals surface area contributed by atoms with Gasteiger partial charge in [0.15, 0.2) is 0 Å². The van der Waals surface area contributed by atoms with Crippen molar-refractivity contribution in [2.75, 3.05) is 0 Å². The van der Waals surface area contributed by atoms with E-state index in [1.165, 1.54) is 32.1 Å². The van der Waals surface area contributed by atoms with Gasteiger partial charge in [-0.3, -0.25) is 4.79 Å². The predicted molar refractivity (Wildman–Crippen MR) is 49.5 cm³/mol. The molecular weight excluding hydrogens is 166 g/mol. The largest absolute Gasteiger partial charge is 0.480 e. The molecule has 1 saturated carbocycles. The molecule has 0 amide bonds. The van der Waals surface area contributed by atoms with E-state index in [1.54, 1.807) is 0 Å². The highest BCUT2D eigenvalue weighted by atomic mass is 16.4. The number of fused-ring (bicyclic) bond motifs is 1. The molecule has 3 heteroatoms. The summed E-state index contributed by atoms with van der Waals surface area (Å²) in [5, 5.41) is 12.1. The van der Waals surface area contributed by atoms with E-state index in [0.29, 0.717) is 12.0 Å². The molecule has 3 atom stereocenters. The van der Waals surface area contributed by atoms with Crippen LogP contribution >= 0.6 is 0 Å². The van der Waals surface area contributed by atoms with Crippen molar-refractivity contribution in [1.29, 1.82) is 0 Å². The number of nitrogens with one attached hydrogen (secondary N) is 1. The van der Waals surface area contributed by atoms with Crippen molar-refractivity contribution >= 4 is 5.97 Å². The van der Waals surface area contributed by atoms with Crippen molar-refractivity contribution in [3.05, 3.63) is 0 Å². The van der Waals surface area contributed by atoms with Crippen LogP contribution in [0.4, 0.5) is 0 Å². The van der Waals surface area contributed by atoms with E-state index in [0.717, 1.165) is 6.42 Å². The zero-order valence-electron chi connectivity index (χ0n) is 7.83. The minimum atomic E-state index is -0.673. The van der Waals surface area contributed by atoms with Crippen molar-refractivity contribution in [1.82, 2.24) is 5.32 Å². The van der Waals surface area contributed by atoms with Gasteiger partial charge >= 0.3 is 5.97 Å². The summed E-state index contributed by atoms with van der Waals surface area (Å²) >= 11 is 0. The van der Waals surface area contributed by atoms with Gasteiger partial charge in [0.2, 0.25) is 0 Å². The number of carbonyl (C=O) groups is 1. The Hall–Kier alpha value is -0.570. The van der Waals surface area contributed by atoms with Crippen molar-refractivity contribution < 1.29 is 9.90 Å². The summed E-state index contributed by atoms with van der Waals surface area (Å²) in [6.45, 7) is 0. The maximum Gasteiger partial charge on any atom is 0.320 e. The molecule has 2 aliphatic rings. The SMILES string of the molecule is O=C(O)C1CC2CCCCC[C@H]2N1. The van der Waals surface area contributed by atoms with Gasteiger partial charge in [-0.15, -0.1) is 0 Å². The molecule has 2 fully saturated rings. The Bertz CT molecular complexity index is 191. The fourth-order valence-corrected chi connectivity index (χ4v) is 2.69. The van der Waals surface area contributed by atoms with Gasteiger partial charge in [-0.1, -0.05) is 19.3 Å². The minimum absolute atomic E-state index is 0.270. The smallest absolute Gasteiger partial charge is 0.320 e. The first-order valence-electron chi connectivity index (χ1n) is 5.26. The van der Waals surface area contributed by atoms with Gasteiger partial charge in [0.1, 0.15) is 6.04 Å². The third kappa shape index (κ3) is 1.85. The van der Waals surface area contributed by atoms with Crippen molar-refractivity contribution in [2.24, 2.45) is 5.92 Å². The van der Waals surface area contributed by atoms with E-state index in [-0.39, 0.29) is 6.04 Å². The Kier molecular flexibility index (Phi) is 2.54. The third-order valence-electron chi connectivity index (χ3n) is 3.41. The Balaban J connectivity index is 1.97. The van der Waals surface area contributed by atoms with Gasteiger partial charge in [-0.2, -0.15) is 0 Å². The van der Waals surface area contributed by atoms with Gasteiger partial charge in [0, 0.05) is 6.04 Å². The molecule has 1 aliphatic carbocycles. The second-order valence-electron chi connectivity index (χ2n) is 4.30. The molecule has 0 spiro atoms. The lowest BCUT2D eigenvalue weighted by atomic mass is 9.94. The monoisotopic (exact) mass is 183 g/mol. The van der Waals surface area contributed by atoms with Crippen LogP contribution in [-0.2, 0) is 4.79 Å². The number of carboxylic acid groups (broad SMARTS) is 1. The van der Waals surface area contributed by atoms with Gasteiger partial charge < -0.3 is 10.4 Å². The fraction of sp³-hybridized carbons (Fsp3) is 0.900. The Labute approximate surface area is 78.5 Å². The Morgan fingerprint density at radius 2 is 2.00 bits per heavy atom. The molecule has 74 valence electrons. The maximum absolute atomic E-state index is 10.8. The second-order valence-corrected chi connectivity index (χ2v) is 4.30. The lowest BCUT2D eigenvalue weighted by molar-refractivity contribution is -0.139. The summed E-state index contributed by atoms with van der Waals surface area (Å²) < 4.78 is 0. The second kappa shape index (κ2) is 3.66. The summed E-state index contributed by atoms with van der Waals surface area (Å²) in [5.41, 5.74) is 0. The highest BCUT2D eigenvalue weighted by Gasteiger charge is 2.37. The van der Waals surface area contributed by atoms with Crippen LogP contribution < -0.4 is 5.32 Å². The Morgan fingerprint density at radius 1 is 1.23 bits per heavy atom. The van der Waals surface area contributed by atoms with E-state index in [9.17, 15) is 4.79 Å². The summed E-state index contributed by atoms with van der Waals surface area (Å²) in [4.78, 5) is 10.8. The standard InChI is InChI=1S/C10H17NO2/c12-10(13)9-6-7-4-2-1-3-5-8(7)11-9/h7-9,11H,1-6H2,(H,12,13)/t7?,8-,9?/m1/s1. The molecule has 0 aromatic carbocycles. The molecular formula is C10H17NO2. The van der Waals surface area contributed by atoms with E-state index in [4.69, 9.17) is 5.11 Å². The van der Waals surface area contributed by atoms with Crippen LogP contribution in [0.15, 0.2) is 0 Å². The van der Waals surface area contributed by atoms with E-state index in [2.05, 4.69) is 5.32 Å². The van der Waals surface area contributed by atoms with Crippen LogP contribution in [0.3, 0.4) is 0 Å². The quantitative estimate of drug-likeness (QED) is 0.645.